The molecular weight excluding hydrogens is 248 g/mol. The molecule has 1 aromatic rings. The summed E-state index contributed by atoms with van der Waals surface area (Å²) in [5.41, 5.74) is 0.646. The summed E-state index contributed by atoms with van der Waals surface area (Å²) in [5.74, 6) is 1.00. The van der Waals surface area contributed by atoms with Gasteiger partial charge < -0.3 is 0 Å². The Bertz CT molecular complexity index is 333. The van der Waals surface area contributed by atoms with Crippen molar-refractivity contribution in [3.05, 3.63) is 22.3 Å². The van der Waals surface area contributed by atoms with Crippen LogP contribution in [0.3, 0.4) is 0 Å². The molecule has 0 unspecified atom stereocenters. The van der Waals surface area contributed by atoms with Gasteiger partial charge in [-0.15, -0.1) is 11.8 Å². The molecule has 0 saturated carbocycles. The molecule has 1 heterocycles. The second-order valence-electron chi connectivity index (χ2n) is 2.47. The average Bonchev–Trinajstić information content (AvgIpc) is 2.16. The SMILES string of the molecule is CCCSc1ncc(Br)cc1C#N. The van der Waals surface area contributed by atoms with Crippen LogP contribution >= 0.6 is 27.7 Å². The molecule has 4 heteroatoms. The Kier molecular flexibility index (Phi) is 4.26. The smallest absolute Gasteiger partial charge is 0.114 e. The molecular formula is C9H9BrN2S. The highest BCUT2D eigenvalue weighted by Crippen LogP contribution is 2.22. The van der Waals surface area contributed by atoms with E-state index in [1.165, 1.54) is 0 Å². The zero-order valence-corrected chi connectivity index (χ0v) is 9.65. The van der Waals surface area contributed by atoms with Gasteiger partial charge in [-0.3, -0.25) is 0 Å². The van der Waals surface area contributed by atoms with Gasteiger partial charge in [-0.2, -0.15) is 5.26 Å². The normalized spacial score (nSPS) is 9.62. The van der Waals surface area contributed by atoms with Gasteiger partial charge in [0, 0.05) is 10.7 Å². The van der Waals surface area contributed by atoms with E-state index in [2.05, 4.69) is 33.9 Å². The molecule has 0 amide bonds. The van der Waals surface area contributed by atoms with Crippen molar-refractivity contribution in [2.45, 2.75) is 18.4 Å². The van der Waals surface area contributed by atoms with E-state index >= 15 is 0 Å². The summed E-state index contributed by atoms with van der Waals surface area (Å²) in [7, 11) is 0. The second-order valence-corrected chi connectivity index (χ2v) is 4.47. The molecule has 0 saturated heterocycles. The first-order valence-corrected chi connectivity index (χ1v) is 5.74. The highest BCUT2D eigenvalue weighted by molar-refractivity contribution is 9.10. The molecule has 13 heavy (non-hydrogen) atoms. The fourth-order valence-electron chi connectivity index (χ4n) is 0.821. The fraction of sp³-hybridized carbons (Fsp3) is 0.333. The molecule has 0 aliphatic carbocycles. The molecule has 1 rings (SSSR count). The van der Waals surface area contributed by atoms with Crippen LogP contribution < -0.4 is 0 Å². The molecule has 68 valence electrons. The third-order valence-corrected chi connectivity index (χ3v) is 3.03. The lowest BCUT2D eigenvalue weighted by molar-refractivity contribution is 1.07. The number of hydrogen-bond acceptors (Lipinski definition) is 3. The van der Waals surface area contributed by atoms with E-state index in [1.54, 1.807) is 24.0 Å². The minimum atomic E-state index is 0.646. The zero-order chi connectivity index (χ0) is 9.68. The van der Waals surface area contributed by atoms with Gasteiger partial charge in [-0.25, -0.2) is 4.98 Å². The minimum absolute atomic E-state index is 0.646. The summed E-state index contributed by atoms with van der Waals surface area (Å²) < 4.78 is 0.852. The molecule has 0 spiro atoms. The highest BCUT2D eigenvalue weighted by atomic mass is 79.9. The molecule has 0 aromatic carbocycles. The topological polar surface area (TPSA) is 36.7 Å². The van der Waals surface area contributed by atoms with Crippen LogP contribution in [0, 0.1) is 11.3 Å². The van der Waals surface area contributed by atoms with Crippen LogP contribution in [0.4, 0.5) is 0 Å². The third-order valence-electron chi connectivity index (χ3n) is 1.38. The van der Waals surface area contributed by atoms with Crippen LogP contribution in [0.2, 0.25) is 0 Å². The van der Waals surface area contributed by atoms with Crippen LogP contribution in [0.1, 0.15) is 18.9 Å². The summed E-state index contributed by atoms with van der Waals surface area (Å²) in [5, 5.41) is 9.64. The molecule has 0 fully saturated rings. The van der Waals surface area contributed by atoms with Crippen LogP contribution in [0.25, 0.3) is 0 Å². The van der Waals surface area contributed by atoms with Crippen molar-refractivity contribution in [1.29, 1.82) is 5.26 Å². The van der Waals surface area contributed by atoms with Crippen LogP contribution in [-0.2, 0) is 0 Å². The van der Waals surface area contributed by atoms with Gasteiger partial charge in [0.05, 0.1) is 5.56 Å². The van der Waals surface area contributed by atoms with E-state index in [0.717, 1.165) is 21.7 Å². The Hall–Kier alpha value is -0.530. The summed E-state index contributed by atoms with van der Waals surface area (Å²) >= 11 is 4.91. The lowest BCUT2D eigenvalue weighted by atomic mass is 10.3. The Morgan fingerprint density at radius 2 is 2.46 bits per heavy atom. The van der Waals surface area contributed by atoms with Gasteiger partial charge in [0.2, 0.25) is 0 Å². The summed E-state index contributed by atoms with van der Waals surface area (Å²) in [4.78, 5) is 4.18. The monoisotopic (exact) mass is 256 g/mol. The first-order valence-electron chi connectivity index (χ1n) is 3.96. The lowest BCUT2D eigenvalue weighted by Gasteiger charge is -2.00. The number of nitrogens with zero attached hydrogens (tertiary/aromatic N) is 2. The van der Waals surface area contributed by atoms with Crippen molar-refractivity contribution in [3.8, 4) is 6.07 Å². The molecule has 0 radical (unpaired) electrons. The molecule has 0 N–H and O–H groups in total. The Morgan fingerprint density at radius 3 is 3.08 bits per heavy atom. The predicted molar refractivity (Wildman–Crippen MR) is 57.7 cm³/mol. The van der Waals surface area contributed by atoms with Crippen LogP contribution in [0.15, 0.2) is 21.8 Å². The summed E-state index contributed by atoms with van der Waals surface area (Å²) in [6, 6.07) is 3.93. The van der Waals surface area contributed by atoms with E-state index in [0.29, 0.717) is 5.56 Å². The van der Waals surface area contributed by atoms with Crippen molar-refractivity contribution in [1.82, 2.24) is 4.98 Å². The van der Waals surface area contributed by atoms with Crippen LogP contribution in [-0.4, -0.2) is 10.7 Å². The predicted octanol–water partition coefficient (Wildman–Crippen LogP) is 3.22. The fourth-order valence-corrected chi connectivity index (χ4v) is 1.94. The van der Waals surface area contributed by atoms with Gasteiger partial charge in [-0.1, -0.05) is 6.92 Å². The van der Waals surface area contributed by atoms with E-state index in [9.17, 15) is 0 Å². The maximum Gasteiger partial charge on any atom is 0.114 e. The molecule has 1 aromatic heterocycles. The number of aromatic nitrogens is 1. The maximum atomic E-state index is 8.82. The van der Waals surface area contributed by atoms with E-state index in [-0.39, 0.29) is 0 Å². The Labute approximate surface area is 90.5 Å². The van der Waals surface area contributed by atoms with E-state index in [1.807, 2.05) is 0 Å². The van der Waals surface area contributed by atoms with Gasteiger partial charge >= 0.3 is 0 Å². The number of rotatable bonds is 3. The highest BCUT2D eigenvalue weighted by Gasteiger charge is 2.03. The van der Waals surface area contributed by atoms with Crippen molar-refractivity contribution in [3.63, 3.8) is 0 Å². The first-order chi connectivity index (χ1) is 6.27. The number of pyridine rings is 1. The number of thioether (sulfide) groups is 1. The number of nitriles is 1. The maximum absolute atomic E-state index is 8.82. The molecule has 0 bridgehead atoms. The molecule has 0 atom stereocenters. The minimum Gasteiger partial charge on any atom is -0.247 e. The quantitative estimate of drug-likeness (QED) is 0.780. The average molecular weight is 257 g/mol. The van der Waals surface area contributed by atoms with Crippen molar-refractivity contribution in [2.24, 2.45) is 0 Å². The van der Waals surface area contributed by atoms with Gasteiger partial charge in [0.25, 0.3) is 0 Å². The Morgan fingerprint density at radius 1 is 1.69 bits per heavy atom. The van der Waals surface area contributed by atoms with Crippen molar-refractivity contribution >= 4 is 27.7 Å². The third kappa shape index (κ3) is 3.02. The van der Waals surface area contributed by atoms with Crippen molar-refractivity contribution < 1.29 is 0 Å². The lowest BCUT2D eigenvalue weighted by Crippen LogP contribution is -1.87. The number of halogens is 1. The van der Waals surface area contributed by atoms with E-state index in [4.69, 9.17) is 5.26 Å². The summed E-state index contributed by atoms with van der Waals surface area (Å²) in [6.45, 7) is 2.11. The van der Waals surface area contributed by atoms with Crippen LogP contribution in [0.5, 0.6) is 0 Å². The van der Waals surface area contributed by atoms with Crippen molar-refractivity contribution in [2.75, 3.05) is 5.75 Å². The second kappa shape index (κ2) is 5.25. The molecule has 0 aliphatic rings. The standard InChI is InChI=1S/C9H9BrN2S/c1-2-3-13-9-7(5-11)4-8(10)6-12-9/h4,6H,2-3H2,1H3. The van der Waals surface area contributed by atoms with E-state index < -0.39 is 0 Å². The van der Waals surface area contributed by atoms with Gasteiger partial charge in [0.1, 0.15) is 11.1 Å². The number of hydrogen-bond donors (Lipinski definition) is 0. The largest absolute Gasteiger partial charge is 0.247 e. The first kappa shape index (κ1) is 10.6. The van der Waals surface area contributed by atoms with Gasteiger partial charge in [0.15, 0.2) is 0 Å². The molecule has 2 nitrogen and oxygen atoms in total. The molecule has 0 aliphatic heterocycles. The van der Waals surface area contributed by atoms with Gasteiger partial charge in [-0.05, 0) is 34.2 Å². The zero-order valence-electron chi connectivity index (χ0n) is 7.25. The Balaban J connectivity index is 2.88. The summed E-state index contributed by atoms with van der Waals surface area (Å²) in [6.07, 6.45) is 2.81.